The Kier molecular flexibility index (Phi) is 8.03. The normalized spacial score (nSPS) is 14.3. The molecule has 0 aliphatic carbocycles. The third-order valence-electron chi connectivity index (χ3n) is 12.3. The number of ether oxygens (including phenoxy) is 2. The summed E-state index contributed by atoms with van der Waals surface area (Å²) in [5, 5.41) is 0. The van der Waals surface area contributed by atoms with Crippen LogP contribution in [0.2, 0.25) is 0 Å². The molecule has 4 amide bonds. The Balaban J connectivity index is 0.854. The maximum Gasteiger partial charge on any atom is 0.268 e. The number of imide groups is 2. The average molecular weight is 835 g/mol. The van der Waals surface area contributed by atoms with Crippen LogP contribution in [-0.2, 0) is 0 Å². The first-order valence-corrected chi connectivity index (χ1v) is 20.8. The number of amides is 4. The molecule has 0 radical (unpaired) electrons. The quantitative estimate of drug-likeness (QED) is 0.158. The van der Waals surface area contributed by atoms with Crippen LogP contribution in [-0.4, -0.2) is 23.6 Å². The Labute approximate surface area is 367 Å². The van der Waals surface area contributed by atoms with Gasteiger partial charge in [0.1, 0.15) is 0 Å². The van der Waals surface area contributed by atoms with Gasteiger partial charge in [-0.2, -0.15) is 0 Å². The van der Waals surface area contributed by atoms with Gasteiger partial charge in [0.25, 0.3) is 23.6 Å². The molecule has 0 N–H and O–H groups in total. The molecule has 64 heavy (non-hydrogen) atoms. The molecule has 8 aromatic rings. The van der Waals surface area contributed by atoms with Gasteiger partial charge in [-0.3, -0.25) is 19.2 Å². The zero-order valence-electron chi connectivity index (χ0n) is 34.4. The second-order valence-corrected chi connectivity index (χ2v) is 16.0. The minimum atomic E-state index is -0.417. The fraction of sp³-hybridized carbons (Fsp3) is 0.0370. The van der Waals surface area contributed by atoms with Crippen molar-refractivity contribution in [3.63, 3.8) is 0 Å². The van der Waals surface area contributed by atoms with Crippen LogP contribution in [0.1, 0.15) is 52.6 Å². The van der Waals surface area contributed by atoms with E-state index in [9.17, 15) is 19.2 Å². The van der Waals surface area contributed by atoms with Gasteiger partial charge in [0.05, 0.1) is 67.8 Å². The Morgan fingerprint density at radius 2 is 0.641 bits per heavy atom. The maximum absolute atomic E-state index is 14.5. The van der Waals surface area contributed by atoms with Gasteiger partial charge in [0.15, 0.2) is 23.0 Å². The van der Waals surface area contributed by atoms with Crippen molar-refractivity contribution in [3.05, 3.63) is 203 Å². The molecule has 0 saturated heterocycles. The monoisotopic (exact) mass is 834 g/mol. The number of benzene rings is 8. The van der Waals surface area contributed by atoms with Gasteiger partial charge in [-0.1, -0.05) is 72.8 Å². The van der Waals surface area contributed by atoms with Crippen LogP contribution < -0.4 is 29.1 Å². The Morgan fingerprint density at radius 1 is 0.312 bits per heavy atom. The van der Waals surface area contributed by atoms with E-state index >= 15 is 0 Å². The van der Waals surface area contributed by atoms with Crippen LogP contribution in [0.25, 0.3) is 11.1 Å². The second kappa shape index (κ2) is 13.9. The topological polar surface area (TPSA) is 99.7 Å². The molecule has 8 aromatic carbocycles. The molecule has 12 rings (SSSR count). The molecule has 0 bridgehead atoms. The summed E-state index contributed by atoms with van der Waals surface area (Å²) >= 11 is 0. The van der Waals surface area contributed by atoms with Crippen LogP contribution in [0.4, 0.5) is 45.5 Å². The van der Waals surface area contributed by atoms with Crippen molar-refractivity contribution in [1.29, 1.82) is 0 Å². The fourth-order valence-corrected chi connectivity index (χ4v) is 9.45. The van der Waals surface area contributed by atoms with Crippen LogP contribution in [0.3, 0.4) is 0 Å². The highest BCUT2D eigenvalue weighted by atomic mass is 16.5. The third kappa shape index (κ3) is 5.32. The summed E-state index contributed by atoms with van der Waals surface area (Å²) in [4.78, 5) is 64.0. The van der Waals surface area contributed by atoms with E-state index in [-0.39, 0.29) is 0 Å². The molecule has 0 atom stereocenters. The molecule has 4 aliphatic rings. The molecular weight excluding hydrogens is 801 g/mol. The zero-order valence-corrected chi connectivity index (χ0v) is 34.4. The van der Waals surface area contributed by atoms with Gasteiger partial charge in [0, 0.05) is 0 Å². The summed E-state index contributed by atoms with van der Waals surface area (Å²) in [5.74, 6) is 0.920. The molecule has 10 nitrogen and oxygen atoms in total. The highest BCUT2D eigenvalue weighted by Crippen LogP contribution is 2.54. The van der Waals surface area contributed by atoms with Crippen molar-refractivity contribution in [2.45, 2.75) is 13.8 Å². The lowest BCUT2D eigenvalue weighted by Gasteiger charge is -2.33. The molecule has 0 saturated carbocycles. The number of rotatable bonds is 5. The number of hydrogen-bond donors (Lipinski definition) is 0. The van der Waals surface area contributed by atoms with Crippen LogP contribution in [0.5, 0.6) is 23.0 Å². The molecule has 306 valence electrons. The van der Waals surface area contributed by atoms with Crippen molar-refractivity contribution >= 4 is 69.1 Å². The SMILES string of the molecule is Cc1cc(-c2ccc(N3C(=O)c4cccc(N5c6ccccc6Oc6ccccc65)c4C3=O)c(C)c2)ccc1N1C(=O)c2cccc(N3c4ccccc4Oc4ccccc43)c2C1=O. The number of fused-ring (bicyclic) bond motifs is 6. The summed E-state index contributed by atoms with van der Waals surface area (Å²) in [7, 11) is 0. The minimum absolute atomic E-state index is 0.313. The van der Waals surface area contributed by atoms with Crippen LogP contribution >= 0.6 is 0 Å². The van der Waals surface area contributed by atoms with E-state index in [1.807, 2.05) is 157 Å². The third-order valence-corrected chi connectivity index (χ3v) is 12.3. The standard InChI is InChI=1S/C54H34N4O6/c1-31-29-33(25-27-37(31)57-51(59)35-13-11-19-43(49(35)53(57)61)55-39-15-3-7-21-45(39)63-46-22-8-4-16-40(46)55)34-26-28-38(32(2)30-34)58-52(60)36-14-12-20-44(50(36)54(58)62)56-41-17-5-9-23-47(41)64-48-24-10-6-18-42(48)56/h3-30H,1-2H3. The Bertz CT molecular complexity index is 3080. The van der Waals surface area contributed by atoms with Gasteiger partial charge in [0.2, 0.25) is 0 Å². The van der Waals surface area contributed by atoms with E-state index in [0.29, 0.717) is 68.0 Å². The summed E-state index contributed by atoms with van der Waals surface area (Å²) < 4.78 is 12.4. The molecule has 0 unspecified atom stereocenters. The van der Waals surface area contributed by atoms with E-state index in [2.05, 4.69) is 0 Å². The van der Waals surface area contributed by atoms with E-state index in [0.717, 1.165) is 45.0 Å². The predicted octanol–water partition coefficient (Wildman–Crippen LogP) is 12.7. The molecular formula is C54H34N4O6. The lowest BCUT2D eigenvalue weighted by atomic mass is 9.99. The predicted molar refractivity (Wildman–Crippen MR) is 246 cm³/mol. The van der Waals surface area contributed by atoms with Crippen molar-refractivity contribution in [3.8, 4) is 34.1 Å². The fourth-order valence-electron chi connectivity index (χ4n) is 9.45. The number of para-hydroxylation sites is 8. The molecule has 4 heterocycles. The first-order valence-electron chi connectivity index (χ1n) is 20.8. The minimum Gasteiger partial charge on any atom is -0.453 e. The lowest BCUT2D eigenvalue weighted by molar-refractivity contribution is 0.0910. The number of anilines is 8. The zero-order chi connectivity index (χ0) is 43.4. The van der Waals surface area contributed by atoms with Crippen molar-refractivity contribution in [2.75, 3.05) is 19.6 Å². The van der Waals surface area contributed by atoms with Crippen molar-refractivity contribution in [1.82, 2.24) is 0 Å². The van der Waals surface area contributed by atoms with E-state index in [1.165, 1.54) is 9.80 Å². The van der Waals surface area contributed by atoms with Crippen LogP contribution in [0, 0.1) is 13.8 Å². The van der Waals surface area contributed by atoms with E-state index in [1.54, 1.807) is 36.4 Å². The molecule has 0 spiro atoms. The largest absolute Gasteiger partial charge is 0.453 e. The Hall–Kier alpha value is -8.76. The average Bonchev–Trinajstić information content (AvgIpc) is 3.73. The van der Waals surface area contributed by atoms with Crippen molar-refractivity contribution in [2.24, 2.45) is 0 Å². The number of carbonyl (C=O) groups is 4. The Morgan fingerprint density at radius 3 is 0.984 bits per heavy atom. The summed E-state index contributed by atoms with van der Waals surface area (Å²) in [5.41, 5.74) is 9.52. The summed E-state index contributed by atoms with van der Waals surface area (Å²) in [6.07, 6.45) is 0. The van der Waals surface area contributed by atoms with Gasteiger partial charge in [-0.25, -0.2) is 9.80 Å². The number of aryl methyl sites for hydroxylation is 2. The van der Waals surface area contributed by atoms with Gasteiger partial charge in [-0.05, 0) is 133 Å². The van der Waals surface area contributed by atoms with E-state index < -0.39 is 23.6 Å². The molecule has 0 aromatic heterocycles. The second-order valence-electron chi connectivity index (χ2n) is 16.0. The lowest BCUT2D eigenvalue weighted by Crippen LogP contribution is -2.30. The number of hydrogen-bond acceptors (Lipinski definition) is 8. The van der Waals surface area contributed by atoms with Crippen molar-refractivity contribution < 1.29 is 28.7 Å². The molecule has 0 fully saturated rings. The molecule has 10 heteroatoms. The first kappa shape index (κ1) is 37.0. The van der Waals surface area contributed by atoms with E-state index in [4.69, 9.17) is 9.47 Å². The number of nitrogens with zero attached hydrogens (tertiary/aromatic N) is 4. The number of carbonyl (C=O) groups excluding carboxylic acids is 4. The van der Waals surface area contributed by atoms with Gasteiger partial charge < -0.3 is 19.3 Å². The van der Waals surface area contributed by atoms with Gasteiger partial charge >= 0.3 is 0 Å². The highest BCUT2D eigenvalue weighted by molar-refractivity contribution is 6.37. The molecule has 4 aliphatic heterocycles. The highest BCUT2D eigenvalue weighted by Gasteiger charge is 2.43. The first-order chi connectivity index (χ1) is 31.3. The van der Waals surface area contributed by atoms with Gasteiger partial charge in [-0.15, -0.1) is 0 Å². The summed E-state index contributed by atoms with van der Waals surface area (Å²) in [6, 6.07) is 52.4. The summed E-state index contributed by atoms with van der Waals surface area (Å²) in [6.45, 7) is 3.75. The smallest absolute Gasteiger partial charge is 0.268 e. The maximum atomic E-state index is 14.5. The van der Waals surface area contributed by atoms with Crippen LogP contribution in [0.15, 0.2) is 170 Å².